The third-order valence-electron chi connectivity index (χ3n) is 3.50. The van der Waals surface area contributed by atoms with Crippen molar-refractivity contribution in [2.45, 2.75) is 19.9 Å². The van der Waals surface area contributed by atoms with Crippen molar-refractivity contribution in [1.29, 1.82) is 0 Å². The lowest BCUT2D eigenvalue weighted by Crippen LogP contribution is -2.37. The van der Waals surface area contributed by atoms with Gasteiger partial charge < -0.3 is 10.6 Å². The van der Waals surface area contributed by atoms with Crippen LogP contribution in [0.4, 0.5) is 8.78 Å². The molecule has 0 amide bonds. The number of nitrogens with zero attached hydrogens (tertiary/aromatic N) is 1. The van der Waals surface area contributed by atoms with Gasteiger partial charge in [-0.2, -0.15) is 0 Å². The number of hydrogen-bond donors (Lipinski definition) is 2. The van der Waals surface area contributed by atoms with Crippen molar-refractivity contribution in [3.05, 3.63) is 70.8 Å². The molecule has 23 heavy (non-hydrogen) atoms. The molecule has 0 bridgehead atoms. The molecule has 0 aliphatic rings. The van der Waals surface area contributed by atoms with Crippen LogP contribution in [0.25, 0.3) is 0 Å². The van der Waals surface area contributed by atoms with Crippen molar-refractivity contribution in [3.63, 3.8) is 0 Å². The van der Waals surface area contributed by atoms with Gasteiger partial charge in [-0.05, 0) is 42.7 Å². The van der Waals surface area contributed by atoms with Gasteiger partial charge in [0.05, 0.1) is 0 Å². The minimum absolute atomic E-state index is 0.353. The van der Waals surface area contributed by atoms with Gasteiger partial charge in [-0.15, -0.1) is 0 Å². The number of benzene rings is 2. The Kier molecular flexibility index (Phi) is 6.09. The van der Waals surface area contributed by atoms with Crippen LogP contribution in [-0.2, 0) is 13.0 Å². The molecule has 2 rings (SSSR count). The fourth-order valence-corrected chi connectivity index (χ4v) is 2.16. The van der Waals surface area contributed by atoms with Crippen LogP contribution in [0.1, 0.15) is 16.7 Å². The van der Waals surface area contributed by atoms with E-state index >= 15 is 0 Å². The van der Waals surface area contributed by atoms with Crippen LogP contribution in [0.3, 0.4) is 0 Å². The summed E-state index contributed by atoms with van der Waals surface area (Å²) in [5.74, 6) is -0.193. The molecule has 0 atom stereocenters. The standard InChI is InChI=1S/C18H21F2N3/c1-13-3-5-14(6-4-13)12-23-18(21-2)22-10-9-15-11-16(19)7-8-17(15)20/h3-8,11H,9-10,12H2,1-2H3,(H2,21,22,23). The molecule has 0 aliphatic carbocycles. The van der Waals surface area contributed by atoms with E-state index in [1.807, 2.05) is 6.92 Å². The molecule has 2 aromatic carbocycles. The maximum atomic E-state index is 13.5. The lowest BCUT2D eigenvalue weighted by atomic mass is 10.1. The van der Waals surface area contributed by atoms with Crippen LogP contribution in [0.15, 0.2) is 47.5 Å². The molecular weight excluding hydrogens is 296 g/mol. The number of halogens is 2. The van der Waals surface area contributed by atoms with Gasteiger partial charge in [0.25, 0.3) is 0 Å². The molecule has 2 N–H and O–H groups in total. The topological polar surface area (TPSA) is 36.4 Å². The number of nitrogens with one attached hydrogen (secondary N) is 2. The second-order valence-corrected chi connectivity index (χ2v) is 5.32. The largest absolute Gasteiger partial charge is 0.356 e. The summed E-state index contributed by atoms with van der Waals surface area (Å²) >= 11 is 0. The average Bonchev–Trinajstić information content (AvgIpc) is 2.55. The second-order valence-electron chi connectivity index (χ2n) is 5.32. The molecule has 3 nitrogen and oxygen atoms in total. The Morgan fingerprint density at radius 3 is 2.48 bits per heavy atom. The van der Waals surface area contributed by atoms with Gasteiger partial charge in [0.1, 0.15) is 11.6 Å². The second kappa shape index (κ2) is 8.27. The van der Waals surface area contributed by atoms with Crippen molar-refractivity contribution in [2.75, 3.05) is 13.6 Å². The molecular formula is C18H21F2N3. The van der Waals surface area contributed by atoms with E-state index in [0.717, 1.165) is 17.7 Å². The third-order valence-corrected chi connectivity index (χ3v) is 3.50. The van der Waals surface area contributed by atoms with Crippen LogP contribution in [0.2, 0.25) is 0 Å². The van der Waals surface area contributed by atoms with Gasteiger partial charge in [0.2, 0.25) is 0 Å². The number of guanidine groups is 1. The van der Waals surface area contributed by atoms with Crippen molar-refractivity contribution in [1.82, 2.24) is 10.6 Å². The Morgan fingerprint density at radius 1 is 1.04 bits per heavy atom. The maximum absolute atomic E-state index is 13.5. The highest BCUT2D eigenvalue weighted by Gasteiger charge is 2.04. The Hall–Kier alpha value is -2.43. The number of aryl methyl sites for hydroxylation is 1. The molecule has 0 aromatic heterocycles. The summed E-state index contributed by atoms with van der Waals surface area (Å²) in [4.78, 5) is 4.12. The maximum Gasteiger partial charge on any atom is 0.191 e. The minimum atomic E-state index is -0.428. The molecule has 0 unspecified atom stereocenters. The lowest BCUT2D eigenvalue weighted by Gasteiger charge is -2.12. The molecule has 5 heteroatoms. The van der Waals surface area contributed by atoms with Gasteiger partial charge in [0, 0.05) is 20.1 Å². The Labute approximate surface area is 135 Å². The van der Waals surface area contributed by atoms with Gasteiger partial charge >= 0.3 is 0 Å². The molecule has 2 aromatic rings. The molecule has 0 saturated carbocycles. The van der Waals surface area contributed by atoms with Gasteiger partial charge in [-0.1, -0.05) is 29.8 Å². The summed E-state index contributed by atoms with van der Waals surface area (Å²) in [6.45, 7) is 3.16. The van der Waals surface area contributed by atoms with Crippen molar-refractivity contribution in [3.8, 4) is 0 Å². The van der Waals surface area contributed by atoms with Gasteiger partial charge in [0.15, 0.2) is 5.96 Å². The Morgan fingerprint density at radius 2 is 1.78 bits per heavy atom. The molecule has 122 valence electrons. The van der Waals surface area contributed by atoms with E-state index in [2.05, 4.69) is 39.9 Å². The molecule has 0 fully saturated rings. The zero-order valence-electron chi connectivity index (χ0n) is 13.4. The summed E-state index contributed by atoms with van der Waals surface area (Å²) in [6, 6.07) is 11.7. The first kappa shape index (κ1) is 16.9. The molecule has 0 heterocycles. The van der Waals surface area contributed by atoms with Crippen molar-refractivity contribution < 1.29 is 8.78 Å². The lowest BCUT2D eigenvalue weighted by molar-refractivity contribution is 0.583. The Balaban J connectivity index is 1.81. The summed E-state index contributed by atoms with van der Waals surface area (Å²) in [6.07, 6.45) is 0.384. The average molecular weight is 317 g/mol. The predicted molar refractivity (Wildman–Crippen MR) is 89.4 cm³/mol. The fourth-order valence-electron chi connectivity index (χ4n) is 2.16. The van der Waals surface area contributed by atoms with Gasteiger partial charge in [-0.3, -0.25) is 4.99 Å². The normalized spacial score (nSPS) is 11.4. The van der Waals surface area contributed by atoms with Crippen LogP contribution >= 0.6 is 0 Å². The quantitative estimate of drug-likeness (QED) is 0.656. The zero-order chi connectivity index (χ0) is 16.7. The highest BCUT2D eigenvalue weighted by atomic mass is 19.1. The number of hydrogen-bond acceptors (Lipinski definition) is 1. The van der Waals surface area contributed by atoms with E-state index in [1.165, 1.54) is 11.6 Å². The first-order valence-corrected chi connectivity index (χ1v) is 7.52. The van der Waals surface area contributed by atoms with Crippen LogP contribution < -0.4 is 10.6 Å². The summed E-state index contributed by atoms with van der Waals surface area (Å²) in [7, 11) is 1.67. The highest BCUT2D eigenvalue weighted by molar-refractivity contribution is 5.79. The minimum Gasteiger partial charge on any atom is -0.356 e. The third kappa shape index (κ3) is 5.36. The van der Waals surface area contributed by atoms with E-state index in [9.17, 15) is 8.78 Å². The van der Waals surface area contributed by atoms with E-state index < -0.39 is 11.6 Å². The van der Waals surface area contributed by atoms with E-state index in [0.29, 0.717) is 31.0 Å². The Bertz CT molecular complexity index is 666. The summed E-state index contributed by atoms with van der Waals surface area (Å²) < 4.78 is 26.7. The zero-order valence-corrected chi connectivity index (χ0v) is 13.4. The molecule has 0 saturated heterocycles. The van der Waals surface area contributed by atoms with E-state index in [1.54, 1.807) is 7.05 Å². The number of rotatable bonds is 5. The number of aliphatic imine (C=N–C) groups is 1. The first-order chi connectivity index (χ1) is 11.1. The highest BCUT2D eigenvalue weighted by Crippen LogP contribution is 2.09. The van der Waals surface area contributed by atoms with E-state index in [4.69, 9.17) is 0 Å². The SMILES string of the molecule is CN=C(NCCc1cc(F)ccc1F)NCc1ccc(C)cc1. The first-order valence-electron chi connectivity index (χ1n) is 7.52. The van der Waals surface area contributed by atoms with Crippen molar-refractivity contribution >= 4 is 5.96 Å². The molecule has 0 aliphatic heterocycles. The molecule has 0 spiro atoms. The summed E-state index contributed by atoms with van der Waals surface area (Å²) in [5, 5.41) is 6.28. The smallest absolute Gasteiger partial charge is 0.191 e. The fraction of sp³-hybridized carbons (Fsp3) is 0.278. The molecule has 0 radical (unpaired) electrons. The monoisotopic (exact) mass is 317 g/mol. The van der Waals surface area contributed by atoms with Crippen LogP contribution in [0, 0.1) is 18.6 Å². The summed E-state index contributed by atoms with van der Waals surface area (Å²) in [5.41, 5.74) is 2.72. The van der Waals surface area contributed by atoms with Crippen molar-refractivity contribution in [2.24, 2.45) is 4.99 Å². The van der Waals surface area contributed by atoms with Crippen LogP contribution in [-0.4, -0.2) is 19.6 Å². The predicted octanol–water partition coefficient (Wildman–Crippen LogP) is 3.18. The van der Waals surface area contributed by atoms with E-state index in [-0.39, 0.29) is 0 Å². The van der Waals surface area contributed by atoms with Crippen LogP contribution in [0.5, 0.6) is 0 Å². The van der Waals surface area contributed by atoms with Gasteiger partial charge in [-0.25, -0.2) is 8.78 Å².